The average Bonchev–Trinajstić information content (AvgIpc) is 2.22. The van der Waals surface area contributed by atoms with E-state index in [0.29, 0.717) is 12.1 Å². The van der Waals surface area contributed by atoms with Crippen molar-refractivity contribution in [1.82, 2.24) is 5.32 Å². The molecule has 0 saturated carbocycles. The summed E-state index contributed by atoms with van der Waals surface area (Å²) in [4.78, 5) is 0. The molecule has 0 aliphatic carbocycles. The lowest BCUT2D eigenvalue weighted by Crippen LogP contribution is -2.31. The van der Waals surface area contributed by atoms with Gasteiger partial charge in [0.2, 0.25) is 0 Å². The van der Waals surface area contributed by atoms with Crippen molar-refractivity contribution in [3.05, 3.63) is 34.1 Å². The highest BCUT2D eigenvalue weighted by Crippen LogP contribution is 2.15. The summed E-state index contributed by atoms with van der Waals surface area (Å²) >= 11 is 3.20. The van der Waals surface area contributed by atoms with Crippen molar-refractivity contribution in [1.29, 1.82) is 0 Å². The molecular weight excluding hydrogens is 261 g/mol. The molecule has 0 radical (unpaired) electrons. The van der Waals surface area contributed by atoms with Crippen molar-refractivity contribution in [3.63, 3.8) is 0 Å². The van der Waals surface area contributed by atoms with Gasteiger partial charge >= 0.3 is 0 Å². The third-order valence-corrected chi connectivity index (χ3v) is 2.80. The van der Waals surface area contributed by atoms with Crippen LogP contribution in [0.1, 0.15) is 18.9 Å². The first-order valence-electron chi connectivity index (χ1n) is 4.95. The molecule has 0 aliphatic heterocycles. The zero-order valence-corrected chi connectivity index (χ0v) is 10.2. The fraction of sp³-hybridized carbons (Fsp3) is 0.455. The van der Waals surface area contributed by atoms with Gasteiger partial charge in [0, 0.05) is 22.6 Å². The zero-order chi connectivity index (χ0) is 11.3. The first kappa shape index (κ1) is 12.6. The minimum atomic E-state index is -0.232. The minimum Gasteiger partial charge on any atom is -0.395 e. The SMILES string of the molecule is CCC(CO)NCc1ccc(Br)cc1F. The molecule has 1 unspecified atom stereocenters. The summed E-state index contributed by atoms with van der Waals surface area (Å²) in [6.07, 6.45) is 0.828. The van der Waals surface area contributed by atoms with Crippen LogP contribution in [0.15, 0.2) is 22.7 Å². The van der Waals surface area contributed by atoms with Gasteiger partial charge in [0.15, 0.2) is 0 Å². The molecule has 1 aromatic rings. The van der Waals surface area contributed by atoms with Crippen LogP contribution in [-0.2, 0) is 6.54 Å². The predicted molar refractivity (Wildman–Crippen MR) is 62.1 cm³/mol. The van der Waals surface area contributed by atoms with Crippen molar-refractivity contribution in [3.8, 4) is 0 Å². The predicted octanol–water partition coefficient (Wildman–Crippen LogP) is 2.45. The Morgan fingerprint density at radius 3 is 2.80 bits per heavy atom. The van der Waals surface area contributed by atoms with E-state index in [-0.39, 0.29) is 18.5 Å². The fourth-order valence-electron chi connectivity index (χ4n) is 1.26. The van der Waals surface area contributed by atoms with Crippen LogP contribution in [0.4, 0.5) is 4.39 Å². The summed E-state index contributed by atoms with van der Waals surface area (Å²) in [5, 5.41) is 12.0. The molecule has 0 amide bonds. The molecular formula is C11H15BrFNO. The molecule has 2 N–H and O–H groups in total. The number of aliphatic hydroxyl groups is 1. The van der Waals surface area contributed by atoms with Crippen molar-refractivity contribution < 1.29 is 9.50 Å². The number of halogens is 2. The number of rotatable bonds is 5. The molecule has 1 atom stereocenters. The average molecular weight is 276 g/mol. The van der Waals surface area contributed by atoms with E-state index in [1.54, 1.807) is 12.1 Å². The Labute approximate surface area is 97.6 Å². The van der Waals surface area contributed by atoms with Crippen LogP contribution in [0.25, 0.3) is 0 Å². The Kier molecular flexibility index (Phi) is 5.22. The van der Waals surface area contributed by atoms with Crippen molar-refractivity contribution in [2.24, 2.45) is 0 Å². The number of hydrogen-bond donors (Lipinski definition) is 2. The quantitative estimate of drug-likeness (QED) is 0.865. The van der Waals surface area contributed by atoms with Crippen molar-refractivity contribution in [2.45, 2.75) is 25.9 Å². The second-order valence-electron chi connectivity index (χ2n) is 3.40. The summed E-state index contributed by atoms with van der Waals surface area (Å²) in [6, 6.07) is 5.01. The van der Waals surface area contributed by atoms with Gasteiger partial charge in [-0.2, -0.15) is 0 Å². The van der Waals surface area contributed by atoms with Gasteiger partial charge in [0.05, 0.1) is 6.61 Å². The zero-order valence-electron chi connectivity index (χ0n) is 8.63. The lowest BCUT2D eigenvalue weighted by atomic mass is 10.2. The van der Waals surface area contributed by atoms with Gasteiger partial charge in [0.1, 0.15) is 5.82 Å². The maximum absolute atomic E-state index is 13.4. The maximum Gasteiger partial charge on any atom is 0.128 e. The Balaban J connectivity index is 2.57. The summed E-state index contributed by atoms with van der Waals surface area (Å²) in [6.45, 7) is 2.50. The lowest BCUT2D eigenvalue weighted by molar-refractivity contribution is 0.238. The molecule has 1 aromatic carbocycles. The third kappa shape index (κ3) is 3.89. The van der Waals surface area contributed by atoms with Gasteiger partial charge in [0.25, 0.3) is 0 Å². The largest absolute Gasteiger partial charge is 0.395 e. The Bertz CT molecular complexity index is 315. The normalized spacial score (nSPS) is 12.8. The van der Waals surface area contributed by atoms with Crippen molar-refractivity contribution >= 4 is 15.9 Å². The molecule has 0 aliphatic rings. The van der Waals surface area contributed by atoms with E-state index in [1.165, 1.54) is 6.07 Å². The molecule has 0 aromatic heterocycles. The standard InChI is InChI=1S/C11H15BrFNO/c1-2-10(7-15)14-6-8-3-4-9(12)5-11(8)13/h3-5,10,14-15H,2,6-7H2,1H3. The van der Waals surface area contributed by atoms with Crippen LogP contribution in [0.3, 0.4) is 0 Å². The molecule has 2 nitrogen and oxygen atoms in total. The monoisotopic (exact) mass is 275 g/mol. The number of hydrogen-bond acceptors (Lipinski definition) is 2. The molecule has 84 valence electrons. The highest BCUT2D eigenvalue weighted by Gasteiger charge is 2.06. The Morgan fingerprint density at radius 1 is 1.53 bits per heavy atom. The lowest BCUT2D eigenvalue weighted by Gasteiger charge is -2.14. The first-order chi connectivity index (χ1) is 7.17. The van der Waals surface area contributed by atoms with E-state index < -0.39 is 0 Å². The number of aliphatic hydroxyl groups excluding tert-OH is 1. The van der Waals surface area contributed by atoms with Gasteiger partial charge in [-0.3, -0.25) is 0 Å². The van der Waals surface area contributed by atoms with E-state index in [0.717, 1.165) is 10.9 Å². The van der Waals surface area contributed by atoms with Crippen LogP contribution in [0.5, 0.6) is 0 Å². The van der Waals surface area contributed by atoms with Gasteiger partial charge in [-0.1, -0.05) is 28.9 Å². The third-order valence-electron chi connectivity index (χ3n) is 2.31. The van der Waals surface area contributed by atoms with Gasteiger partial charge in [-0.25, -0.2) is 4.39 Å². The van der Waals surface area contributed by atoms with Crippen LogP contribution in [0, 0.1) is 5.82 Å². The van der Waals surface area contributed by atoms with Gasteiger partial charge < -0.3 is 10.4 Å². The van der Waals surface area contributed by atoms with E-state index in [9.17, 15) is 4.39 Å². The Hall–Kier alpha value is -0.450. The molecule has 0 bridgehead atoms. The Morgan fingerprint density at radius 2 is 2.27 bits per heavy atom. The topological polar surface area (TPSA) is 32.3 Å². The minimum absolute atomic E-state index is 0.0352. The summed E-state index contributed by atoms with van der Waals surface area (Å²) in [5.41, 5.74) is 0.616. The second-order valence-corrected chi connectivity index (χ2v) is 4.32. The van der Waals surface area contributed by atoms with Crippen LogP contribution in [0.2, 0.25) is 0 Å². The highest BCUT2D eigenvalue weighted by atomic mass is 79.9. The maximum atomic E-state index is 13.4. The smallest absolute Gasteiger partial charge is 0.128 e. The molecule has 1 rings (SSSR count). The summed E-state index contributed by atoms with van der Waals surface area (Å²) < 4.78 is 14.1. The van der Waals surface area contributed by atoms with E-state index in [2.05, 4.69) is 21.2 Å². The second kappa shape index (κ2) is 6.20. The van der Waals surface area contributed by atoms with Crippen LogP contribution >= 0.6 is 15.9 Å². The van der Waals surface area contributed by atoms with Crippen LogP contribution < -0.4 is 5.32 Å². The van der Waals surface area contributed by atoms with Gasteiger partial charge in [-0.05, 0) is 18.6 Å². The molecule has 4 heteroatoms. The number of benzene rings is 1. The molecule has 0 spiro atoms. The van der Waals surface area contributed by atoms with E-state index in [1.807, 2.05) is 6.92 Å². The fourth-order valence-corrected chi connectivity index (χ4v) is 1.59. The van der Waals surface area contributed by atoms with Crippen molar-refractivity contribution in [2.75, 3.05) is 6.61 Å². The van der Waals surface area contributed by atoms with E-state index in [4.69, 9.17) is 5.11 Å². The molecule has 0 saturated heterocycles. The molecule has 15 heavy (non-hydrogen) atoms. The number of nitrogens with one attached hydrogen (secondary N) is 1. The first-order valence-corrected chi connectivity index (χ1v) is 5.74. The molecule has 0 fully saturated rings. The van der Waals surface area contributed by atoms with Crippen LogP contribution in [-0.4, -0.2) is 17.8 Å². The summed E-state index contributed by atoms with van der Waals surface area (Å²) in [7, 11) is 0. The van der Waals surface area contributed by atoms with E-state index >= 15 is 0 Å². The highest BCUT2D eigenvalue weighted by molar-refractivity contribution is 9.10. The molecule has 0 heterocycles. The van der Waals surface area contributed by atoms with Gasteiger partial charge in [-0.15, -0.1) is 0 Å². The summed E-state index contributed by atoms with van der Waals surface area (Å²) in [5.74, 6) is -0.232.